The van der Waals surface area contributed by atoms with Crippen molar-refractivity contribution in [2.75, 3.05) is 31.1 Å². The molecule has 0 unspecified atom stereocenters. The zero-order valence-corrected chi connectivity index (χ0v) is 13.0. The van der Waals surface area contributed by atoms with E-state index in [9.17, 15) is 0 Å². The molecule has 20 heavy (non-hydrogen) atoms. The van der Waals surface area contributed by atoms with Crippen LogP contribution < -0.4 is 15.0 Å². The Bertz CT molecular complexity index is 398. The van der Waals surface area contributed by atoms with Gasteiger partial charge >= 0.3 is 0 Å². The molecular weight excluding hydrogens is 248 g/mol. The second kappa shape index (κ2) is 8.15. The molecule has 1 saturated heterocycles. The number of nitrogens with one attached hydrogen (secondary N) is 1. The zero-order valence-electron chi connectivity index (χ0n) is 13.0. The van der Waals surface area contributed by atoms with E-state index in [2.05, 4.69) is 42.3 Å². The van der Waals surface area contributed by atoms with Gasteiger partial charge in [0.15, 0.2) is 0 Å². The number of benzene rings is 1. The largest absolute Gasteiger partial charge is 0.492 e. The second-order valence-corrected chi connectivity index (χ2v) is 5.42. The van der Waals surface area contributed by atoms with Gasteiger partial charge in [-0.1, -0.05) is 25.8 Å². The van der Waals surface area contributed by atoms with Crippen molar-refractivity contribution in [2.24, 2.45) is 0 Å². The van der Waals surface area contributed by atoms with Gasteiger partial charge in [0.1, 0.15) is 5.75 Å². The molecule has 1 aromatic rings. The molecule has 1 heterocycles. The molecule has 0 radical (unpaired) electrons. The van der Waals surface area contributed by atoms with Gasteiger partial charge < -0.3 is 15.0 Å². The number of anilines is 1. The summed E-state index contributed by atoms with van der Waals surface area (Å²) < 4.78 is 5.88. The van der Waals surface area contributed by atoms with Crippen molar-refractivity contribution < 1.29 is 4.74 Å². The van der Waals surface area contributed by atoms with Crippen LogP contribution in [-0.4, -0.2) is 26.2 Å². The predicted molar refractivity (Wildman–Crippen MR) is 85.7 cm³/mol. The molecule has 1 N–H and O–H groups in total. The summed E-state index contributed by atoms with van der Waals surface area (Å²) >= 11 is 0. The van der Waals surface area contributed by atoms with Crippen molar-refractivity contribution in [3.05, 3.63) is 23.8 Å². The van der Waals surface area contributed by atoms with Crippen LogP contribution in [0.3, 0.4) is 0 Å². The standard InChI is InChI=1S/C17H28N2O/c1-3-18-14-15-9-10-16(17(13-15)20-4-2)19-11-7-5-6-8-12-19/h9-10,13,18H,3-8,11-12,14H2,1-2H3. The first kappa shape index (κ1) is 15.2. The summed E-state index contributed by atoms with van der Waals surface area (Å²) in [4.78, 5) is 2.50. The van der Waals surface area contributed by atoms with Gasteiger partial charge in [-0.05, 0) is 44.0 Å². The molecule has 0 aromatic heterocycles. The predicted octanol–water partition coefficient (Wildman–Crippen LogP) is 3.58. The highest BCUT2D eigenvalue weighted by atomic mass is 16.5. The van der Waals surface area contributed by atoms with Crippen molar-refractivity contribution in [3.63, 3.8) is 0 Å². The number of nitrogens with zero attached hydrogens (tertiary/aromatic N) is 1. The molecule has 1 aliphatic heterocycles. The van der Waals surface area contributed by atoms with Crippen LogP contribution in [0.1, 0.15) is 45.1 Å². The highest BCUT2D eigenvalue weighted by Gasteiger charge is 2.14. The lowest BCUT2D eigenvalue weighted by atomic mass is 10.1. The molecule has 0 bridgehead atoms. The Balaban J connectivity index is 2.16. The molecule has 1 aliphatic rings. The van der Waals surface area contributed by atoms with E-state index in [1.807, 2.05) is 0 Å². The molecule has 0 amide bonds. The van der Waals surface area contributed by atoms with Gasteiger partial charge in [0.2, 0.25) is 0 Å². The SMILES string of the molecule is CCNCc1ccc(N2CCCCCC2)c(OCC)c1. The van der Waals surface area contributed by atoms with Crippen LogP contribution in [0.15, 0.2) is 18.2 Å². The number of hydrogen-bond donors (Lipinski definition) is 1. The summed E-state index contributed by atoms with van der Waals surface area (Å²) in [7, 11) is 0. The highest BCUT2D eigenvalue weighted by Crippen LogP contribution is 2.31. The Morgan fingerprint density at radius 1 is 1.10 bits per heavy atom. The van der Waals surface area contributed by atoms with Crippen LogP contribution in [-0.2, 0) is 6.54 Å². The maximum absolute atomic E-state index is 5.88. The van der Waals surface area contributed by atoms with Gasteiger partial charge in [-0.25, -0.2) is 0 Å². The average Bonchev–Trinajstić information content (AvgIpc) is 2.75. The van der Waals surface area contributed by atoms with Crippen molar-refractivity contribution in [1.82, 2.24) is 5.32 Å². The first-order valence-corrected chi connectivity index (χ1v) is 8.06. The molecule has 3 heteroatoms. The quantitative estimate of drug-likeness (QED) is 0.859. The van der Waals surface area contributed by atoms with Crippen molar-refractivity contribution in [3.8, 4) is 5.75 Å². The van der Waals surface area contributed by atoms with Gasteiger partial charge in [0.05, 0.1) is 12.3 Å². The lowest BCUT2D eigenvalue weighted by Gasteiger charge is -2.25. The molecule has 0 saturated carbocycles. The minimum atomic E-state index is 0.728. The molecule has 0 spiro atoms. The van der Waals surface area contributed by atoms with E-state index in [4.69, 9.17) is 4.74 Å². The summed E-state index contributed by atoms with van der Waals surface area (Å²) in [5.74, 6) is 1.05. The van der Waals surface area contributed by atoms with E-state index in [0.29, 0.717) is 0 Å². The molecule has 0 atom stereocenters. The lowest BCUT2D eigenvalue weighted by Crippen LogP contribution is -2.24. The van der Waals surface area contributed by atoms with Gasteiger partial charge in [0, 0.05) is 19.6 Å². The first-order chi connectivity index (χ1) is 9.85. The molecule has 112 valence electrons. The van der Waals surface area contributed by atoms with Crippen LogP contribution in [0, 0.1) is 0 Å². The van der Waals surface area contributed by atoms with Crippen LogP contribution in [0.4, 0.5) is 5.69 Å². The first-order valence-electron chi connectivity index (χ1n) is 8.06. The normalized spacial score (nSPS) is 16.0. The van der Waals surface area contributed by atoms with E-state index < -0.39 is 0 Å². The Morgan fingerprint density at radius 2 is 1.85 bits per heavy atom. The fraction of sp³-hybridized carbons (Fsp3) is 0.647. The third-order valence-electron chi connectivity index (χ3n) is 3.85. The van der Waals surface area contributed by atoms with Gasteiger partial charge in [-0.15, -0.1) is 0 Å². The summed E-state index contributed by atoms with van der Waals surface area (Å²) in [6, 6.07) is 6.67. The smallest absolute Gasteiger partial charge is 0.142 e. The number of rotatable bonds is 6. The third-order valence-corrected chi connectivity index (χ3v) is 3.85. The highest BCUT2D eigenvalue weighted by molar-refractivity contribution is 5.60. The molecule has 0 aliphatic carbocycles. The van der Waals surface area contributed by atoms with Crippen LogP contribution in [0.2, 0.25) is 0 Å². The van der Waals surface area contributed by atoms with E-state index in [0.717, 1.165) is 38.5 Å². The zero-order chi connectivity index (χ0) is 14.2. The van der Waals surface area contributed by atoms with Crippen molar-refractivity contribution in [2.45, 2.75) is 46.1 Å². The Labute approximate surface area is 123 Å². The maximum atomic E-state index is 5.88. The fourth-order valence-electron chi connectivity index (χ4n) is 2.78. The maximum Gasteiger partial charge on any atom is 0.142 e. The number of ether oxygens (including phenoxy) is 1. The van der Waals surface area contributed by atoms with Crippen LogP contribution >= 0.6 is 0 Å². The summed E-state index contributed by atoms with van der Waals surface area (Å²) in [6.45, 7) is 9.15. The van der Waals surface area contributed by atoms with E-state index >= 15 is 0 Å². The van der Waals surface area contributed by atoms with Crippen LogP contribution in [0.5, 0.6) is 5.75 Å². The van der Waals surface area contributed by atoms with Crippen LogP contribution in [0.25, 0.3) is 0 Å². The summed E-state index contributed by atoms with van der Waals surface area (Å²) in [5.41, 5.74) is 2.57. The summed E-state index contributed by atoms with van der Waals surface area (Å²) in [5, 5.41) is 3.37. The number of hydrogen-bond acceptors (Lipinski definition) is 3. The van der Waals surface area contributed by atoms with Gasteiger partial charge in [-0.2, -0.15) is 0 Å². The van der Waals surface area contributed by atoms with E-state index in [1.165, 1.54) is 36.9 Å². The van der Waals surface area contributed by atoms with Crippen molar-refractivity contribution >= 4 is 5.69 Å². The Kier molecular flexibility index (Phi) is 6.19. The van der Waals surface area contributed by atoms with Crippen molar-refractivity contribution in [1.29, 1.82) is 0 Å². The molecular formula is C17H28N2O. The van der Waals surface area contributed by atoms with E-state index in [1.54, 1.807) is 0 Å². The molecule has 1 fully saturated rings. The van der Waals surface area contributed by atoms with E-state index in [-0.39, 0.29) is 0 Å². The Hall–Kier alpha value is -1.22. The third kappa shape index (κ3) is 4.14. The fourth-order valence-corrected chi connectivity index (χ4v) is 2.78. The second-order valence-electron chi connectivity index (χ2n) is 5.42. The minimum Gasteiger partial charge on any atom is -0.492 e. The summed E-state index contributed by atoms with van der Waals surface area (Å²) in [6.07, 6.45) is 5.31. The topological polar surface area (TPSA) is 24.5 Å². The van der Waals surface area contributed by atoms with Gasteiger partial charge in [0.25, 0.3) is 0 Å². The molecule has 2 rings (SSSR count). The average molecular weight is 276 g/mol. The monoisotopic (exact) mass is 276 g/mol. The minimum absolute atomic E-state index is 0.728. The molecule has 3 nitrogen and oxygen atoms in total. The lowest BCUT2D eigenvalue weighted by molar-refractivity contribution is 0.340. The van der Waals surface area contributed by atoms with Gasteiger partial charge in [-0.3, -0.25) is 0 Å². The Morgan fingerprint density at radius 3 is 2.50 bits per heavy atom. The molecule has 1 aromatic carbocycles.